The smallest absolute Gasteiger partial charge is 0.230 e. The maximum Gasteiger partial charge on any atom is 0.230 e. The fourth-order valence-electron chi connectivity index (χ4n) is 2.51. The molecule has 2 N–H and O–H groups in total. The molecular formula is C15H18N4OS. The summed E-state index contributed by atoms with van der Waals surface area (Å²) in [6.07, 6.45) is 5.77. The number of rotatable bonds is 6. The number of benzene rings is 1. The Kier molecular flexibility index (Phi) is 4.55. The Bertz CT molecular complexity index is 612. The molecular weight excluding hydrogens is 284 g/mol. The van der Waals surface area contributed by atoms with E-state index in [4.69, 9.17) is 0 Å². The highest BCUT2D eigenvalue weighted by atomic mass is 32.2. The molecule has 0 saturated heterocycles. The highest BCUT2D eigenvalue weighted by Gasteiger charge is 2.11. The number of nitrogens with zero attached hydrogens (tertiary/aromatic N) is 2. The summed E-state index contributed by atoms with van der Waals surface area (Å²) in [6, 6.07) is 6.55. The molecule has 1 aromatic heterocycles. The molecule has 1 aromatic carbocycles. The minimum Gasteiger partial charge on any atom is -0.355 e. The van der Waals surface area contributed by atoms with Gasteiger partial charge in [-0.05, 0) is 42.5 Å². The summed E-state index contributed by atoms with van der Waals surface area (Å²) in [5, 5.41) is 9.44. The molecule has 5 nitrogen and oxygen atoms in total. The van der Waals surface area contributed by atoms with Gasteiger partial charge >= 0.3 is 0 Å². The van der Waals surface area contributed by atoms with Crippen molar-refractivity contribution in [2.75, 3.05) is 12.3 Å². The zero-order chi connectivity index (χ0) is 14.5. The molecule has 1 heterocycles. The van der Waals surface area contributed by atoms with Crippen molar-refractivity contribution in [3.05, 3.63) is 41.5 Å². The van der Waals surface area contributed by atoms with Gasteiger partial charge in [0.15, 0.2) is 0 Å². The van der Waals surface area contributed by atoms with E-state index in [1.54, 1.807) is 11.8 Å². The largest absolute Gasteiger partial charge is 0.355 e. The van der Waals surface area contributed by atoms with Crippen LogP contribution in [0.5, 0.6) is 0 Å². The number of aryl methyl sites for hydroxylation is 2. The number of nitrogens with one attached hydrogen (secondary N) is 2. The van der Waals surface area contributed by atoms with Gasteiger partial charge in [-0.25, -0.2) is 4.98 Å². The van der Waals surface area contributed by atoms with Crippen molar-refractivity contribution in [2.45, 2.75) is 30.6 Å². The third-order valence-corrected chi connectivity index (χ3v) is 4.58. The number of hydrogen-bond acceptors (Lipinski definition) is 4. The summed E-state index contributed by atoms with van der Waals surface area (Å²) < 4.78 is 0. The van der Waals surface area contributed by atoms with Crippen LogP contribution >= 0.6 is 11.8 Å². The summed E-state index contributed by atoms with van der Waals surface area (Å²) in [4.78, 5) is 17.0. The molecule has 0 atom stereocenters. The van der Waals surface area contributed by atoms with Crippen LogP contribution < -0.4 is 5.32 Å². The lowest BCUT2D eigenvalue weighted by molar-refractivity contribution is -0.118. The van der Waals surface area contributed by atoms with Crippen molar-refractivity contribution in [1.82, 2.24) is 20.5 Å². The first kappa shape index (κ1) is 14.1. The van der Waals surface area contributed by atoms with Crippen molar-refractivity contribution < 1.29 is 4.79 Å². The number of aromatic amines is 1. The average Bonchev–Trinajstić information content (AvgIpc) is 3.15. The monoisotopic (exact) mass is 302 g/mol. The summed E-state index contributed by atoms with van der Waals surface area (Å²) in [5.41, 5.74) is 2.92. The first-order valence-electron chi connectivity index (χ1n) is 7.17. The topological polar surface area (TPSA) is 70.7 Å². The number of aromatic nitrogens is 3. The van der Waals surface area contributed by atoms with Gasteiger partial charge in [0.25, 0.3) is 0 Å². The Hall–Kier alpha value is -1.82. The predicted octanol–water partition coefficient (Wildman–Crippen LogP) is 1.74. The van der Waals surface area contributed by atoms with Gasteiger partial charge in [-0.2, -0.15) is 5.10 Å². The molecule has 1 aliphatic rings. The lowest BCUT2D eigenvalue weighted by Crippen LogP contribution is -2.27. The fourth-order valence-corrected chi connectivity index (χ4v) is 3.30. The van der Waals surface area contributed by atoms with E-state index in [2.05, 4.69) is 38.7 Å². The van der Waals surface area contributed by atoms with Crippen LogP contribution in [0.15, 0.2) is 29.4 Å². The number of H-pyrrole nitrogens is 1. The molecule has 2 aromatic rings. The molecule has 0 bridgehead atoms. The van der Waals surface area contributed by atoms with E-state index in [1.165, 1.54) is 41.6 Å². The van der Waals surface area contributed by atoms with E-state index in [0.29, 0.717) is 18.7 Å². The second-order valence-electron chi connectivity index (χ2n) is 5.10. The van der Waals surface area contributed by atoms with Crippen LogP contribution in [0.1, 0.15) is 23.4 Å². The van der Waals surface area contributed by atoms with Gasteiger partial charge in [0.2, 0.25) is 5.91 Å². The highest BCUT2D eigenvalue weighted by Crippen LogP contribution is 2.27. The Labute approximate surface area is 127 Å². The maximum atomic E-state index is 11.8. The molecule has 0 aliphatic heterocycles. The maximum absolute atomic E-state index is 11.8. The lowest BCUT2D eigenvalue weighted by Gasteiger charge is -2.06. The molecule has 0 fully saturated rings. The van der Waals surface area contributed by atoms with Crippen molar-refractivity contribution in [3.63, 3.8) is 0 Å². The van der Waals surface area contributed by atoms with Crippen molar-refractivity contribution in [1.29, 1.82) is 0 Å². The molecule has 6 heteroatoms. The molecule has 0 unspecified atom stereocenters. The van der Waals surface area contributed by atoms with Crippen LogP contribution in [0.25, 0.3) is 0 Å². The van der Waals surface area contributed by atoms with E-state index in [0.717, 1.165) is 5.82 Å². The minimum atomic E-state index is 0.0556. The Morgan fingerprint density at radius 3 is 3.10 bits per heavy atom. The molecule has 1 aliphatic carbocycles. The number of thioether (sulfide) groups is 1. The van der Waals surface area contributed by atoms with Gasteiger partial charge in [-0.15, -0.1) is 11.8 Å². The normalized spacial score (nSPS) is 13.1. The molecule has 0 saturated carbocycles. The summed E-state index contributed by atoms with van der Waals surface area (Å²) in [5.74, 6) is 1.30. The van der Waals surface area contributed by atoms with E-state index >= 15 is 0 Å². The van der Waals surface area contributed by atoms with Gasteiger partial charge in [0.05, 0.1) is 5.75 Å². The molecule has 1 amide bonds. The Morgan fingerprint density at radius 2 is 2.24 bits per heavy atom. The standard InChI is InChI=1S/C15H18N4OS/c20-15(16-7-6-14-17-10-18-19-14)9-21-13-5-4-11-2-1-3-12(11)8-13/h4-5,8,10H,1-3,6-7,9H2,(H,16,20)(H,17,18,19). The minimum absolute atomic E-state index is 0.0556. The predicted molar refractivity (Wildman–Crippen MR) is 82.3 cm³/mol. The van der Waals surface area contributed by atoms with E-state index in [1.807, 2.05) is 0 Å². The number of carbonyl (C=O) groups excluding carboxylic acids is 1. The molecule has 0 spiro atoms. The molecule has 21 heavy (non-hydrogen) atoms. The van der Waals surface area contributed by atoms with Crippen molar-refractivity contribution in [2.24, 2.45) is 0 Å². The third kappa shape index (κ3) is 3.85. The number of hydrogen-bond donors (Lipinski definition) is 2. The Morgan fingerprint density at radius 1 is 1.33 bits per heavy atom. The number of amides is 1. The van der Waals surface area contributed by atoms with E-state index in [-0.39, 0.29) is 5.91 Å². The van der Waals surface area contributed by atoms with Gasteiger partial charge < -0.3 is 5.32 Å². The zero-order valence-electron chi connectivity index (χ0n) is 11.8. The van der Waals surface area contributed by atoms with Gasteiger partial charge in [-0.3, -0.25) is 9.89 Å². The molecule has 3 rings (SSSR count). The van der Waals surface area contributed by atoms with Crippen molar-refractivity contribution >= 4 is 17.7 Å². The van der Waals surface area contributed by atoms with Gasteiger partial charge in [0, 0.05) is 17.9 Å². The highest BCUT2D eigenvalue weighted by molar-refractivity contribution is 8.00. The fraction of sp³-hybridized carbons (Fsp3) is 0.400. The van der Waals surface area contributed by atoms with Crippen LogP contribution in [0.3, 0.4) is 0 Å². The summed E-state index contributed by atoms with van der Waals surface area (Å²) in [7, 11) is 0. The quantitative estimate of drug-likeness (QED) is 0.798. The number of carbonyl (C=O) groups is 1. The van der Waals surface area contributed by atoms with Gasteiger partial charge in [0.1, 0.15) is 12.2 Å². The summed E-state index contributed by atoms with van der Waals surface area (Å²) >= 11 is 1.59. The van der Waals surface area contributed by atoms with Crippen LogP contribution in [0.4, 0.5) is 0 Å². The van der Waals surface area contributed by atoms with Crippen LogP contribution in [0, 0.1) is 0 Å². The SMILES string of the molecule is O=C(CSc1ccc2c(c1)CCC2)NCCc1ncn[nH]1. The second kappa shape index (κ2) is 6.76. The second-order valence-corrected chi connectivity index (χ2v) is 6.15. The van der Waals surface area contributed by atoms with E-state index < -0.39 is 0 Å². The molecule has 0 radical (unpaired) electrons. The number of fused-ring (bicyclic) bond motifs is 1. The zero-order valence-corrected chi connectivity index (χ0v) is 12.6. The van der Waals surface area contributed by atoms with E-state index in [9.17, 15) is 4.79 Å². The van der Waals surface area contributed by atoms with Crippen LogP contribution in [-0.2, 0) is 24.1 Å². The first-order valence-corrected chi connectivity index (χ1v) is 8.15. The van der Waals surface area contributed by atoms with Gasteiger partial charge in [-0.1, -0.05) is 6.07 Å². The van der Waals surface area contributed by atoms with Crippen LogP contribution in [0.2, 0.25) is 0 Å². The molecule has 110 valence electrons. The summed E-state index contributed by atoms with van der Waals surface area (Å²) in [6.45, 7) is 0.582. The van der Waals surface area contributed by atoms with Crippen LogP contribution in [-0.4, -0.2) is 33.4 Å². The third-order valence-electron chi connectivity index (χ3n) is 3.59. The Balaban J connectivity index is 1.41. The lowest BCUT2D eigenvalue weighted by atomic mass is 10.1. The van der Waals surface area contributed by atoms with Crippen molar-refractivity contribution in [3.8, 4) is 0 Å². The first-order chi connectivity index (χ1) is 10.3. The average molecular weight is 302 g/mol.